The highest BCUT2D eigenvalue weighted by Gasteiger charge is 2.11. The lowest BCUT2D eigenvalue weighted by atomic mass is 10.1. The average molecular weight is 381 g/mol. The Kier molecular flexibility index (Phi) is 7.32. The summed E-state index contributed by atoms with van der Waals surface area (Å²) >= 11 is 5.31. The third-order valence-electron chi connectivity index (χ3n) is 4.04. The molecule has 140 valence electrons. The van der Waals surface area contributed by atoms with Crippen LogP contribution in [0.4, 0.5) is 5.69 Å². The van der Waals surface area contributed by atoms with Crippen molar-refractivity contribution in [3.63, 3.8) is 0 Å². The summed E-state index contributed by atoms with van der Waals surface area (Å²) < 4.78 is 5.69. The Morgan fingerprint density at radius 1 is 1.07 bits per heavy atom. The first-order valence-corrected chi connectivity index (χ1v) is 9.02. The summed E-state index contributed by atoms with van der Waals surface area (Å²) in [6.45, 7) is 12.6. The number of rotatable bonds is 7. The summed E-state index contributed by atoms with van der Waals surface area (Å²) in [5, 5.41) is 3.24. The molecule has 0 saturated heterocycles. The van der Waals surface area contributed by atoms with Crippen LogP contribution in [0, 0.1) is 13.8 Å². The monoisotopic (exact) mass is 380 g/mol. The van der Waals surface area contributed by atoms with Crippen molar-refractivity contribution in [2.45, 2.75) is 13.8 Å². The summed E-state index contributed by atoms with van der Waals surface area (Å²) in [6, 6.07) is 12.7. The number of aryl methyl sites for hydroxylation is 2. The number of anilines is 1. The molecular weight excluding hydrogens is 356 g/mol. The molecule has 0 aromatic heterocycles. The van der Waals surface area contributed by atoms with Gasteiger partial charge in [0.25, 0.3) is 11.1 Å². The topological polar surface area (TPSA) is 41.6 Å². The third-order valence-corrected chi connectivity index (χ3v) is 4.39. The van der Waals surface area contributed by atoms with E-state index < -0.39 is 0 Å². The van der Waals surface area contributed by atoms with Crippen molar-refractivity contribution < 1.29 is 9.53 Å². The summed E-state index contributed by atoms with van der Waals surface area (Å²) in [6.07, 6.45) is 3.50. The van der Waals surface area contributed by atoms with E-state index in [2.05, 4.69) is 18.5 Å². The molecule has 0 saturated carbocycles. The van der Waals surface area contributed by atoms with Crippen LogP contribution in [-0.4, -0.2) is 29.1 Å². The largest absolute Gasteiger partial charge is 0.432 e. The first-order chi connectivity index (χ1) is 12.9. The van der Waals surface area contributed by atoms with Crippen molar-refractivity contribution >= 4 is 29.0 Å². The Morgan fingerprint density at radius 3 is 2.26 bits per heavy atom. The molecule has 0 radical (unpaired) electrons. The number of carbonyl (C=O) groups is 1. The fourth-order valence-corrected chi connectivity index (χ4v) is 2.64. The minimum Gasteiger partial charge on any atom is -0.432 e. The smallest absolute Gasteiger partial charge is 0.265 e. The van der Waals surface area contributed by atoms with E-state index >= 15 is 0 Å². The van der Waals surface area contributed by atoms with E-state index in [1.807, 2.05) is 36.9 Å². The van der Waals surface area contributed by atoms with E-state index in [1.165, 1.54) is 5.56 Å². The molecule has 0 atom stereocenters. The van der Waals surface area contributed by atoms with Crippen LogP contribution in [0.1, 0.15) is 21.5 Å². The maximum atomic E-state index is 12.4. The van der Waals surface area contributed by atoms with Gasteiger partial charge < -0.3 is 15.0 Å². The molecule has 0 fully saturated rings. The predicted molar refractivity (Wildman–Crippen MR) is 116 cm³/mol. The Morgan fingerprint density at radius 2 is 1.70 bits per heavy atom. The molecule has 4 nitrogen and oxygen atoms in total. The molecule has 0 spiro atoms. The van der Waals surface area contributed by atoms with E-state index in [9.17, 15) is 4.79 Å². The highest BCUT2D eigenvalue weighted by molar-refractivity contribution is 7.80. The average Bonchev–Trinajstić information content (AvgIpc) is 2.65. The lowest BCUT2D eigenvalue weighted by molar-refractivity contribution is 0.102. The molecule has 0 unspecified atom stereocenters. The molecule has 0 aliphatic rings. The van der Waals surface area contributed by atoms with E-state index in [4.69, 9.17) is 17.0 Å². The van der Waals surface area contributed by atoms with Crippen LogP contribution in [0.3, 0.4) is 0 Å². The van der Waals surface area contributed by atoms with E-state index in [1.54, 1.807) is 36.4 Å². The Labute approximate surface area is 166 Å². The van der Waals surface area contributed by atoms with Crippen LogP contribution in [0.5, 0.6) is 5.75 Å². The minimum atomic E-state index is -0.174. The van der Waals surface area contributed by atoms with Gasteiger partial charge in [-0.3, -0.25) is 4.79 Å². The molecule has 5 heteroatoms. The maximum absolute atomic E-state index is 12.4. The normalized spacial score (nSPS) is 10.0. The highest BCUT2D eigenvalue weighted by atomic mass is 32.1. The van der Waals surface area contributed by atoms with Crippen LogP contribution in [0.15, 0.2) is 67.8 Å². The number of thiocarbonyl (C=S) groups is 1. The number of nitrogens with one attached hydrogen (secondary N) is 1. The number of benzene rings is 2. The molecule has 0 heterocycles. The molecular formula is C22H24N2O2S. The second-order valence-electron chi connectivity index (χ2n) is 6.13. The van der Waals surface area contributed by atoms with Gasteiger partial charge in [-0.15, -0.1) is 13.2 Å². The Bertz CT molecular complexity index is 834. The number of hydrogen-bond donors (Lipinski definition) is 1. The number of carbonyl (C=O) groups excluding carboxylic acids is 1. The standard InChI is InChI=1S/C22H24N2O2S/c1-5-13-24(14-6-2)22(27)26-20-11-8-18(9-12-20)21(25)23-19-10-7-16(3)17(4)15-19/h5-12,15H,1-2,13-14H2,3-4H3,(H,23,25). The zero-order chi connectivity index (χ0) is 19.8. The zero-order valence-electron chi connectivity index (χ0n) is 15.7. The third kappa shape index (κ3) is 5.79. The van der Waals surface area contributed by atoms with Gasteiger partial charge in [0.2, 0.25) is 0 Å². The van der Waals surface area contributed by atoms with Crippen molar-refractivity contribution in [3.8, 4) is 5.75 Å². The number of ether oxygens (including phenoxy) is 1. The van der Waals surface area contributed by atoms with Gasteiger partial charge in [-0.05, 0) is 73.6 Å². The van der Waals surface area contributed by atoms with Gasteiger partial charge in [-0.1, -0.05) is 18.2 Å². The lowest BCUT2D eigenvalue weighted by Crippen LogP contribution is -2.33. The van der Waals surface area contributed by atoms with Gasteiger partial charge in [0.15, 0.2) is 0 Å². The second-order valence-corrected chi connectivity index (χ2v) is 6.48. The van der Waals surface area contributed by atoms with Crippen LogP contribution < -0.4 is 10.1 Å². The van der Waals surface area contributed by atoms with Gasteiger partial charge in [-0.2, -0.15) is 0 Å². The Hall–Kier alpha value is -2.92. The fourth-order valence-electron chi connectivity index (χ4n) is 2.40. The van der Waals surface area contributed by atoms with Crippen LogP contribution in [-0.2, 0) is 0 Å². The summed E-state index contributed by atoms with van der Waals surface area (Å²) in [5.74, 6) is 0.396. The van der Waals surface area contributed by atoms with E-state index in [-0.39, 0.29) is 5.91 Å². The van der Waals surface area contributed by atoms with Crippen LogP contribution >= 0.6 is 12.2 Å². The van der Waals surface area contributed by atoms with E-state index in [0.717, 1.165) is 11.3 Å². The number of nitrogens with zero attached hydrogens (tertiary/aromatic N) is 1. The van der Waals surface area contributed by atoms with Crippen LogP contribution in [0.2, 0.25) is 0 Å². The molecule has 2 rings (SSSR count). The highest BCUT2D eigenvalue weighted by Crippen LogP contribution is 2.17. The summed E-state index contributed by atoms with van der Waals surface area (Å²) in [5.41, 5.74) is 3.63. The molecule has 0 aliphatic heterocycles. The van der Waals surface area contributed by atoms with Gasteiger partial charge in [0, 0.05) is 24.3 Å². The van der Waals surface area contributed by atoms with Crippen molar-refractivity contribution in [3.05, 3.63) is 84.5 Å². The molecule has 1 amide bonds. The number of amides is 1. The van der Waals surface area contributed by atoms with Crippen molar-refractivity contribution in [1.82, 2.24) is 4.90 Å². The van der Waals surface area contributed by atoms with Crippen molar-refractivity contribution in [1.29, 1.82) is 0 Å². The minimum absolute atomic E-state index is 0.174. The van der Waals surface area contributed by atoms with Gasteiger partial charge in [-0.25, -0.2) is 0 Å². The van der Waals surface area contributed by atoms with Crippen molar-refractivity contribution in [2.75, 3.05) is 18.4 Å². The molecule has 2 aromatic carbocycles. The summed E-state index contributed by atoms with van der Waals surface area (Å²) in [7, 11) is 0. The molecule has 2 aromatic rings. The summed E-state index contributed by atoms with van der Waals surface area (Å²) in [4.78, 5) is 14.2. The van der Waals surface area contributed by atoms with Crippen molar-refractivity contribution in [2.24, 2.45) is 0 Å². The predicted octanol–water partition coefficient (Wildman–Crippen LogP) is 4.89. The Balaban J connectivity index is 2.02. The second kappa shape index (κ2) is 9.69. The molecule has 0 bridgehead atoms. The number of hydrogen-bond acceptors (Lipinski definition) is 3. The first kappa shape index (κ1) is 20.4. The molecule has 0 aliphatic carbocycles. The molecule has 27 heavy (non-hydrogen) atoms. The lowest BCUT2D eigenvalue weighted by Gasteiger charge is -2.21. The van der Waals surface area contributed by atoms with E-state index in [0.29, 0.717) is 29.6 Å². The SMILES string of the molecule is C=CCN(CC=C)C(=S)Oc1ccc(C(=O)Nc2ccc(C)c(C)c2)cc1. The maximum Gasteiger partial charge on any atom is 0.265 e. The van der Waals surface area contributed by atoms with Gasteiger partial charge in [0.1, 0.15) is 5.75 Å². The van der Waals surface area contributed by atoms with Crippen LogP contribution in [0.25, 0.3) is 0 Å². The quantitative estimate of drug-likeness (QED) is 0.548. The van der Waals surface area contributed by atoms with Gasteiger partial charge >= 0.3 is 0 Å². The van der Waals surface area contributed by atoms with Gasteiger partial charge in [0.05, 0.1) is 0 Å². The fraction of sp³-hybridized carbons (Fsp3) is 0.182. The molecule has 1 N–H and O–H groups in total. The zero-order valence-corrected chi connectivity index (χ0v) is 16.5. The first-order valence-electron chi connectivity index (χ1n) is 8.61.